The van der Waals surface area contributed by atoms with Crippen LogP contribution < -0.4 is 10.6 Å². The van der Waals surface area contributed by atoms with E-state index < -0.39 is 0 Å². The number of nitrogens with one attached hydrogen (secondary N) is 2. The highest BCUT2D eigenvalue weighted by Gasteiger charge is 2.11. The first-order valence-corrected chi connectivity index (χ1v) is 8.05. The van der Waals surface area contributed by atoms with Crippen molar-refractivity contribution in [3.05, 3.63) is 39.1 Å². The first-order valence-electron chi connectivity index (χ1n) is 6.88. The van der Waals surface area contributed by atoms with Crippen LogP contribution >= 0.6 is 27.5 Å². The SMILES string of the molecule is CCNc1nc(CC)nc(Nc2ccc(Cl)cc2Br)c1C. The third kappa shape index (κ3) is 3.86. The smallest absolute Gasteiger partial charge is 0.139 e. The van der Waals surface area contributed by atoms with Crippen LogP contribution in [0.1, 0.15) is 25.2 Å². The molecule has 0 saturated heterocycles. The molecule has 4 nitrogen and oxygen atoms in total. The molecule has 1 aromatic heterocycles. The van der Waals surface area contributed by atoms with Gasteiger partial charge < -0.3 is 10.6 Å². The summed E-state index contributed by atoms with van der Waals surface area (Å²) in [5, 5.41) is 7.31. The zero-order chi connectivity index (χ0) is 15.4. The van der Waals surface area contributed by atoms with Crippen molar-refractivity contribution in [1.82, 2.24) is 9.97 Å². The second-order valence-corrected chi connectivity index (χ2v) is 5.89. The molecule has 0 aliphatic heterocycles. The second kappa shape index (κ2) is 7.09. The Morgan fingerprint density at radius 1 is 1.19 bits per heavy atom. The van der Waals surface area contributed by atoms with Gasteiger partial charge in [0.1, 0.15) is 17.5 Å². The largest absolute Gasteiger partial charge is 0.370 e. The summed E-state index contributed by atoms with van der Waals surface area (Å²) in [4.78, 5) is 9.10. The van der Waals surface area contributed by atoms with Crippen LogP contribution in [0.25, 0.3) is 0 Å². The quantitative estimate of drug-likeness (QED) is 0.784. The lowest BCUT2D eigenvalue weighted by molar-refractivity contribution is 0.930. The molecular weight excluding hydrogens is 352 g/mol. The van der Waals surface area contributed by atoms with E-state index in [4.69, 9.17) is 11.6 Å². The molecule has 2 rings (SSSR count). The molecule has 0 unspecified atom stereocenters. The minimum atomic E-state index is 0.689. The van der Waals surface area contributed by atoms with Crippen molar-refractivity contribution in [1.29, 1.82) is 0 Å². The van der Waals surface area contributed by atoms with Gasteiger partial charge in [0.05, 0.1) is 5.69 Å². The van der Waals surface area contributed by atoms with Gasteiger partial charge in [-0.15, -0.1) is 0 Å². The zero-order valence-corrected chi connectivity index (χ0v) is 14.6. The van der Waals surface area contributed by atoms with Gasteiger partial charge in [0.25, 0.3) is 0 Å². The molecule has 2 aromatic rings. The van der Waals surface area contributed by atoms with E-state index in [0.29, 0.717) is 5.02 Å². The summed E-state index contributed by atoms with van der Waals surface area (Å²) < 4.78 is 0.899. The molecule has 1 heterocycles. The zero-order valence-electron chi connectivity index (χ0n) is 12.3. The molecule has 21 heavy (non-hydrogen) atoms. The van der Waals surface area contributed by atoms with Crippen LogP contribution in [0.3, 0.4) is 0 Å². The van der Waals surface area contributed by atoms with Gasteiger partial charge in [-0.3, -0.25) is 0 Å². The van der Waals surface area contributed by atoms with E-state index >= 15 is 0 Å². The van der Waals surface area contributed by atoms with E-state index in [-0.39, 0.29) is 0 Å². The summed E-state index contributed by atoms with van der Waals surface area (Å²) in [7, 11) is 0. The fourth-order valence-corrected chi connectivity index (χ4v) is 2.68. The van der Waals surface area contributed by atoms with Crippen LogP contribution in [0.15, 0.2) is 22.7 Å². The van der Waals surface area contributed by atoms with E-state index in [2.05, 4.69) is 43.5 Å². The lowest BCUT2D eigenvalue weighted by Crippen LogP contribution is -2.09. The Morgan fingerprint density at radius 2 is 1.90 bits per heavy atom. The van der Waals surface area contributed by atoms with Gasteiger partial charge in [-0.05, 0) is 48.0 Å². The number of aryl methyl sites for hydroxylation is 1. The first kappa shape index (κ1) is 16.0. The summed E-state index contributed by atoms with van der Waals surface area (Å²) >= 11 is 9.48. The van der Waals surface area contributed by atoms with Crippen molar-refractivity contribution in [2.24, 2.45) is 0 Å². The Morgan fingerprint density at radius 3 is 2.52 bits per heavy atom. The third-order valence-corrected chi connectivity index (χ3v) is 3.93. The number of aromatic nitrogens is 2. The molecule has 2 N–H and O–H groups in total. The average Bonchev–Trinajstić information content (AvgIpc) is 2.46. The standard InChI is InChI=1S/C15H18BrClN4/c1-4-13-20-14(18-5-2)9(3)15(21-13)19-12-7-6-10(17)8-11(12)16/h6-8H,4-5H2,1-3H3,(H2,18,19,20,21). The fraction of sp³-hybridized carbons (Fsp3) is 0.333. The van der Waals surface area contributed by atoms with Gasteiger partial charge in [-0.25, -0.2) is 9.97 Å². The average molecular weight is 370 g/mol. The first-order chi connectivity index (χ1) is 10.0. The second-order valence-electron chi connectivity index (χ2n) is 4.60. The van der Waals surface area contributed by atoms with Crippen LogP contribution in [-0.4, -0.2) is 16.5 Å². The Hall–Kier alpha value is -1.33. The number of nitrogens with zero attached hydrogens (tertiary/aromatic N) is 2. The maximum absolute atomic E-state index is 5.97. The fourth-order valence-electron chi connectivity index (χ4n) is 1.90. The summed E-state index contributed by atoms with van der Waals surface area (Å²) in [5.41, 5.74) is 1.92. The molecule has 0 aliphatic carbocycles. The Bertz CT molecular complexity index is 646. The topological polar surface area (TPSA) is 49.8 Å². The Kier molecular flexibility index (Phi) is 5.42. The van der Waals surface area contributed by atoms with Crippen molar-refractivity contribution in [3.63, 3.8) is 0 Å². The van der Waals surface area contributed by atoms with Gasteiger partial charge in [-0.2, -0.15) is 0 Å². The van der Waals surface area contributed by atoms with Crippen LogP contribution in [0.2, 0.25) is 5.02 Å². The van der Waals surface area contributed by atoms with Crippen LogP contribution in [-0.2, 0) is 6.42 Å². The van der Waals surface area contributed by atoms with Crippen LogP contribution in [0, 0.1) is 6.92 Å². The molecule has 0 fully saturated rings. The highest BCUT2D eigenvalue weighted by molar-refractivity contribution is 9.10. The molecular formula is C15H18BrClN4. The van der Waals surface area contributed by atoms with E-state index in [1.54, 1.807) is 0 Å². The normalized spacial score (nSPS) is 10.5. The van der Waals surface area contributed by atoms with E-state index in [9.17, 15) is 0 Å². The monoisotopic (exact) mass is 368 g/mol. The molecule has 0 aliphatic rings. The number of hydrogen-bond donors (Lipinski definition) is 2. The van der Waals surface area contributed by atoms with Gasteiger partial charge in [0, 0.05) is 28.0 Å². The summed E-state index contributed by atoms with van der Waals surface area (Å²) in [6, 6.07) is 5.62. The van der Waals surface area contributed by atoms with Crippen LogP contribution in [0.5, 0.6) is 0 Å². The van der Waals surface area contributed by atoms with Crippen molar-refractivity contribution in [2.75, 3.05) is 17.2 Å². The minimum absolute atomic E-state index is 0.689. The maximum Gasteiger partial charge on any atom is 0.139 e. The van der Waals surface area contributed by atoms with Gasteiger partial charge in [-0.1, -0.05) is 18.5 Å². The molecule has 112 valence electrons. The Balaban J connectivity index is 2.40. The van der Waals surface area contributed by atoms with Crippen molar-refractivity contribution in [2.45, 2.75) is 27.2 Å². The highest BCUT2D eigenvalue weighted by Crippen LogP contribution is 2.30. The van der Waals surface area contributed by atoms with Crippen LogP contribution in [0.4, 0.5) is 17.3 Å². The molecule has 0 amide bonds. The third-order valence-electron chi connectivity index (χ3n) is 3.04. The van der Waals surface area contributed by atoms with E-state index in [1.165, 1.54) is 0 Å². The summed E-state index contributed by atoms with van der Waals surface area (Å²) in [6.45, 7) is 6.92. The molecule has 0 atom stereocenters. The molecule has 0 radical (unpaired) electrons. The lowest BCUT2D eigenvalue weighted by atomic mass is 10.2. The predicted octanol–water partition coefficient (Wildman–Crippen LogP) is 4.94. The number of rotatable bonds is 5. The Labute approximate surface area is 138 Å². The molecule has 6 heteroatoms. The van der Waals surface area contributed by atoms with Crippen molar-refractivity contribution < 1.29 is 0 Å². The molecule has 0 spiro atoms. The minimum Gasteiger partial charge on any atom is -0.370 e. The number of halogens is 2. The molecule has 0 saturated carbocycles. The number of benzene rings is 1. The maximum atomic E-state index is 5.97. The summed E-state index contributed by atoms with van der Waals surface area (Å²) in [5.74, 6) is 2.49. The summed E-state index contributed by atoms with van der Waals surface area (Å²) in [6.07, 6.45) is 0.787. The van der Waals surface area contributed by atoms with Crippen molar-refractivity contribution in [3.8, 4) is 0 Å². The molecule has 0 bridgehead atoms. The van der Waals surface area contributed by atoms with E-state index in [0.717, 1.165) is 46.1 Å². The highest BCUT2D eigenvalue weighted by atomic mass is 79.9. The number of anilines is 3. The molecule has 1 aromatic carbocycles. The van der Waals surface area contributed by atoms with Gasteiger partial charge in [0.2, 0.25) is 0 Å². The van der Waals surface area contributed by atoms with Crippen molar-refractivity contribution >= 4 is 44.9 Å². The van der Waals surface area contributed by atoms with E-state index in [1.807, 2.05) is 32.0 Å². The number of hydrogen-bond acceptors (Lipinski definition) is 4. The predicted molar refractivity (Wildman–Crippen MR) is 92.7 cm³/mol. The van der Waals surface area contributed by atoms with Gasteiger partial charge in [0.15, 0.2) is 0 Å². The van der Waals surface area contributed by atoms with Gasteiger partial charge >= 0.3 is 0 Å². The lowest BCUT2D eigenvalue weighted by Gasteiger charge is -2.15.